The Morgan fingerprint density at radius 3 is 2.67 bits per heavy atom. The summed E-state index contributed by atoms with van der Waals surface area (Å²) in [5.74, 6) is -2.38. The van der Waals surface area contributed by atoms with Crippen molar-refractivity contribution in [2.75, 3.05) is 6.54 Å². The highest BCUT2D eigenvalue weighted by atomic mass is 16.4. The molecule has 1 aromatic carbocycles. The molecule has 8 heteroatoms. The fraction of sp³-hybridized carbons (Fsp3) is 0.0625. The Kier molecular flexibility index (Phi) is 3.78. The van der Waals surface area contributed by atoms with Gasteiger partial charge in [0.1, 0.15) is 23.6 Å². The average Bonchev–Trinajstić information content (AvgIpc) is 3.07. The van der Waals surface area contributed by atoms with Crippen LogP contribution in [0.25, 0.3) is 22.3 Å². The van der Waals surface area contributed by atoms with Crippen LogP contribution in [0.15, 0.2) is 50.2 Å². The minimum Gasteiger partial charge on any atom is -0.506 e. The van der Waals surface area contributed by atoms with Crippen molar-refractivity contribution in [1.82, 2.24) is 5.32 Å². The molecule has 3 rings (SSSR count). The van der Waals surface area contributed by atoms with Crippen molar-refractivity contribution in [3.63, 3.8) is 0 Å². The highest BCUT2D eigenvalue weighted by Crippen LogP contribution is 2.31. The Balaban J connectivity index is 2.12. The van der Waals surface area contributed by atoms with E-state index in [1.165, 1.54) is 18.4 Å². The number of carbonyl (C=O) groups is 2. The third kappa shape index (κ3) is 2.72. The summed E-state index contributed by atoms with van der Waals surface area (Å²) in [7, 11) is 0. The van der Waals surface area contributed by atoms with E-state index in [0.717, 1.165) is 0 Å². The first-order valence-corrected chi connectivity index (χ1v) is 6.81. The van der Waals surface area contributed by atoms with Crippen LogP contribution in [0.2, 0.25) is 0 Å². The minimum atomic E-state index is -1.28. The van der Waals surface area contributed by atoms with Gasteiger partial charge >= 0.3 is 11.6 Å². The lowest BCUT2D eigenvalue weighted by molar-refractivity contribution is -0.135. The number of benzene rings is 1. The quantitative estimate of drug-likeness (QED) is 0.619. The predicted molar refractivity (Wildman–Crippen MR) is 81.8 cm³/mol. The van der Waals surface area contributed by atoms with Crippen LogP contribution in [0.1, 0.15) is 10.4 Å². The van der Waals surface area contributed by atoms with Gasteiger partial charge in [0.05, 0.1) is 11.6 Å². The number of aliphatic carboxylic acids is 1. The summed E-state index contributed by atoms with van der Waals surface area (Å²) in [5.41, 5.74) is -1.02. The Labute approximate surface area is 133 Å². The molecule has 0 fully saturated rings. The molecule has 0 bridgehead atoms. The van der Waals surface area contributed by atoms with Crippen LogP contribution in [-0.4, -0.2) is 28.6 Å². The lowest BCUT2D eigenvalue weighted by Crippen LogP contribution is -2.32. The molecule has 122 valence electrons. The van der Waals surface area contributed by atoms with Gasteiger partial charge in [-0.2, -0.15) is 0 Å². The van der Waals surface area contributed by atoms with Gasteiger partial charge in [-0.15, -0.1) is 0 Å². The topological polar surface area (TPSA) is 130 Å². The first kappa shape index (κ1) is 15.3. The van der Waals surface area contributed by atoms with E-state index in [1.54, 1.807) is 18.2 Å². The van der Waals surface area contributed by atoms with Crippen molar-refractivity contribution in [3.05, 3.63) is 52.6 Å². The number of hydrogen-bond donors (Lipinski definition) is 3. The summed E-state index contributed by atoms with van der Waals surface area (Å²) >= 11 is 0. The molecule has 2 heterocycles. The van der Waals surface area contributed by atoms with Gasteiger partial charge in [-0.05, 0) is 30.3 Å². The molecule has 0 atom stereocenters. The van der Waals surface area contributed by atoms with Gasteiger partial charge in [-0.25, -0.2) is 4.79 Å². The molecule has 0 aliphatic rings. The number of rotatable bonds is 4. The van der Waals surface area contributed by atoms with Crippen molar-refractivity contribution < 1.29 is 28.6 Å². The van der Waals surface area contributed by atoms with Crippen LogP contribution in [0.3, 0.4) is 0 Å². The van der Waals surface area contributed by atoms with Crippen LogP contribution >= 0.6 is 0 Å². The first-order valence-electron chi connectivity index (χ1n) is 6.81. The number of furan rings is 1. The fourth-order valence-electron chi connectivity index (χ4n) is 2.23. The third-order valence-corrected chi connectivity index (χ3v) is 3.31. The fourth-order valence-corrected chi connectivity index (χ4v) is 2.23. The van der Waals surface area contributed by atoms with E-state index in [4.69, 9.17) is 13.9 Å². The molecular weight excluding hydrogens is 318 g/mol. The zero-order chi connectivity index (χ0) is 17.3. The second-order valence-electron chi connectivity index (χ2n) is 4.88. The molecule has 3 aromatic rings. The molecular formula is C16H11NO7. The molecule has 24 heavy (non-hydrogen) atoms. The first-order chi connectivity index (χ1) is 11.5. The van der Waals surface area contributed by atoms with E-state index in [1.807, 2.05) is 5.32 Å². The summed E-state index contributed by atoms with van der Waals surface area (Å²) in [6.07, 6.45) is 1.48. The number of carboxylic acid groups (broad SMARTS) is 1. The molecule has 0 aliphatic heterocycles. The van der Waals surface area contributed by atoms with Crippen molar-refractivity contribution in [2.45, 2.75) is 0 Å². The van der Waals surface area contributed by atoms with Gasteiger partial charge in [0, 0.05) is 5.56 Å². The van der Waals surface area contributed by atoms with E-state index in [0.29, 0.717) is 11.3 Å². The molecule has 3 N–H and O–H groups in total. The second kappa shape index (κ2) is 5.92. The lowest BCUT2D eigenvalue weighted by Gasteiger charge is -2.07. The van der Waals surface area contributed by atoms with Crippen LogP contribution in [0.5, 0.6) is 5.75 Å². The Bertz CT molecular complexity index is 986. The maximum absolute atomic E-state index is 11.9. The lowest BCUT2D eigenvalue weighted by atomic mass is 10.1. The highest BCUT2D eigenvalue weighted by molar-refractivity contribution is 6.02. The van der Waals surface area contributed by atoms with Crippen LogP contribution in [-0.2, 0) is 4.79 Å². The van der Waals surface area contributed by atoms with Crippen LogP contribution < -0.4 is 10.9 Å². The van der Waals surface area contributed by atoms with Gasteiger partial charge in [0.25, 0.3) is 5.91 Å². The van der Waals surface area contributed by atoms with E-state index in [2.05, 4.69) is 0 Å². The molecule has 2 aromatic heterocycles. The maximum Gasteiger partial charge on any atom is 0.353 e. The standard InChI is InChI=1S/C16H11NO7/c18-12(19)7-17-15(21)13-14(20)9-6-8(10-2-1-5-23-10)3-4-11(9)24-16(13)22/h1-6,20H,7H2,(H,17,21)(H,18,19). The number of amides is 1. The van der Waals surface area contributed by atoms with Crippen LogP contribution in [0.4, 0.5) is 0 Å². The Morgan fingerprint density at radius 1 is 1.21 bits per heavy atom. The summed E-state index contributed by atoms with van der Waals surface area (Å²) in [4.78, 5) is 34.3. The van der Waals surface area contributed by atoms with Crippen molar-refractivity contribution in [1.29, 1.82) is 0 Å². The molecule has 1 amide bonds. The maximum atomic E-state index is 11.9. The monoisotopic (exact) mass is 329 g/mol. The largest absolute Gasteiger partial charge is 0.506 e. The van der Waals surface area contributed by atoms with Crippen molar-refractivity contribution >= 4 is 22.8 Å². The third-order valence-electron chi connectivity index (χ3n) is 3.31. The molecule has 8 nitrogen and oxygen atoms in total. The summed E-state index contributed by atoms with van der Waals surface area (Å²) < 4.78 is 10.3. The zero-order valence-electron chi connectivity index (χ0n) is 12.1. The van der Waals surface area contributed by atoms with E-state index >= 15 is 0 Å². The summed E-state index contributed by atoms with van der Waals surface area (Å²) in [5, 5.41) is 21.0. The molecule has 0 aliphatic carbocycles. The van der Waals surface area contributed by atoms with Gasteiger partial charge in [0.15, 0.2) is 5.56 Å². The number of carboxylic acids is 1. The summed E-state index contributed by atoms with van der Waals surface area (Å²) in [6.45, 7) is -0.692. The SMILES string of the molecule is O=C(O)CNC(=O)c1c(O)c2cc(-c3ccco3)ccc2oc1=O. The van der Waals surface area contributed by atoms with Crippen molar-refractivity contribution in [2.24, 2.45) is 0 Å². The van der Waals surface area contributed by atoms with Crippen LogP contribution in [0, 0.1) is 0 Å². The number of hydrogen-bond acceptors (Lipinski definition) is 6. The molecule has 0 saturated carbocycles. The number of aromatic hydroxyl groups is 1. The van der Waals surface area contributed by atoms with Gasteiger partial charge in [-0.1, -0.05) is 0 Å². The van der Waals surface area contributed by atoms with Gasteiger partial charge in [-0.3, -0.25) is 9.59 Å². The summed E-state index contributed by atoms with van der Waals surface area (Å²) in [6, 6.07) is 7.99. The van der Waals surface area contributed by atoms with E-state index in [9.17, 15) is 19.5 Å². The van der Waals surface area contributed by atoms with E-state index < -0.39 is 35.4 Å². The number of fused-ring (bicyclic) bond motifs is 1. The van der Waals surface area contributed by atoms with E-state index in [-0.39, 0.29) is 11.0 Å². The molecule has 0 saturated heterocycles. The predicted octanol–water partition coefficient (Wildman–Crippen LogP) is 1.57. The number of carbonyl (C=O) groups excluding carboxylic acids is 1. The number of nitrogens with one attached hydrogen (secondary N) is 1. The Morgan fingerprint density at radius 2 is 2.00 bits per heavy atom. The Hall–Kier alpha value is -3.55. The highest BCUT2D eigenvalue weighted by Gasteiger charge is 2.21. The second-order valence-corrected chi connectivity index (χ2v) is 4.88. The zero-order valence-corrected chi connectivity index (χ0v) is 12.1. The minimum absolute atomic E-state index is 0.0857. The van der Waals surface area contributed by atoms with Gasteiger partial charge in [0.2, 0.25) is 0 Å². The average molecular weight is 329 g/mol. The molecule has 0 unspecified atom stereocenters. The van der Waals surface area contributed by atoms with Crippen molar-refractivity contribution in [3.8, 4) is 17.1 Å². The molecule has 0 spiro atoms. The van der Waals surface area contributed by atoms with Gasteiger partial charge < -0.3 is 24.4 Å². The molecule has 0 radical (unpaired) electrons. The smallest absolute Gasteiger partial charge is 0.353 e. The normalized spacial score (nSPS) is 10.7.